The smallest absolute Gasteiger partial charge is 0.348 e. The Kier molecular flexibility index (Phi) is 6.27. The zero-order valence-electron chi connectivity index (χ0n) is 16.1. The predicted octanol–water partition coefficient (Wildman–Crippen LogP) is 7.03. The molecule has 5 heteroatoms. The summed E-state index contributed by atoms with van der Waals surface area (Å²) in [7, 11) is 0. The summed E-state index contributed by atoms with van der Waals surface area (Å²) < 4.78 is 3.20. The van der Waals surface area contributed by atoms with E-state index < -0.39 is 5.97 Å². The third-order valence-electron chi connectivity index (χ3n) is 4.26. The fraction of sp³-hybridized carbons (Fsp3) is 0.174. The van der Waals surface area contributed by atoms with Gasteiger partial charge in [-0.3, -0.25) is 0 Å². The number of rotatable bonds is 6. The first-order chi connectivity index (χ1) is 13.3. The molecule has 3 aromatic rings. The normalized spacial score (nSPS) is 11.7. The minimum absolute atomic E-state index is 0.0514. The van der Waals surface area contributed by atoms with Crippen molar-refractivity contribution in [3.8, 4) is 0 Å². The molecule has 3 rings (SSSR count). The van der Waals surface area contributed by atoms with Crippen LogP contribution in [0.3, 0.4) is 0 Å². The van der Waals surface area contributed by atoms with Crippen molar-refractivity contribution >= 4 is 47.1 Å². The molecule has 0 aliphatic rings. The quantitative estimate of drug-likeness (QED) is 0.339. The van der Waals surface area contributed by atoms with E-state index in [1.165, 1.54) is 28.8 Å². The Bertz CT molecular complexity index is 985. The van der Waals surface area contributed by atoms with Gasteiger partial charge in [0.15, 0.2) is 0 Å². The molecule has 0 saturated heterocycles. The van der Waals surface area contributed by atoms with Crippen LogP contribution in [-0.4, -0.2) is 11.1 Å². The third-order valence-corrected chi connectivity index (χ3v) is 6.08. The van der Waals surface area contributed by atoms with Crippen LogP contribution in [0.15, 0.2) is 64.9 Å². The lowest BCUT2D eigenvalue weighted by molar-refractivity contribution is 0.0703. The number of hydrogen-bond donors (Lipinski definition) is 2. The average Bonchev–Trinajstić information content (AvgIpc) is 3.14. The standard InChI is InChI=1S/C23H23NO2S2/c1-23(2,3)18-11-12-20(28-24-19-13-14-27-21(19)22(25)26)17(15-18)10-9-16-7-5-4-6-8-16/h4-15,24H,1-3H3,(H,25,26)/b10-9+. The summed E-state index contributed by atoms with van der Waals surface area (Å²) >= 11 is 2.65. The van der Waals surface area contributed by atoms with E-state index in [1.54, 1.807) is 11.4 Å². The highest BCUT2D eigenvalue weighted by molar-refractivity contribution is 8.00. The third kappa shape index (κ3) is 5.06. The van der Waals surface area contributed by atoms with E-state index in [0.717, 1.165) is 16.0 Å². The van der Waals surface area contributed by atoms with Crippen molar-refractivity contribution in [3.05, 3.63) is 81.5 Å². The van der Waals surface area contributed by atoms with E-state index >= 15 is 0 Å². The largest absolute Gasteiger partial charge is 0.477 e. The van der Waals surface area contributed by atoms with Gasteiger partial charge in [0.2, 0.25) is 0 Å². The Morgan fingerprint density at radius 3 is 2.50 bits per heavy atom. The number of benzene rings is 2. The molecule has 0 saturated carbocycles. The molecule has 0 atom stereocenters. The molecule has 2 N–H and O–H groups in total. The molecule has 1 aromatic heterocycles. The number of carboxylic acids is 1. The Balaban J connectivity index is 1.89. The van der Waals surface area contributed by atoms with Gasteiger partial charge in [-0.1, -0.05) is 75.4 Å². The van der Waals surface area contributed by atoms with E-state index in [2.05, 4.69) is 68.0 Å². The second-order valence-corrected chi connectivity index (χ2v) is 9.18. The van der Waals surface area contributed by atoms with E-state index in [4.69, 9.17) is 0 Å². The van der Waals surface area contributed by atoms with Crippen LogP contribution in [0, 0.1) is 0 Å². The first-order valence-corrected chi connectivity index (χ1v) is 10.7. The molecule has 0 spiro atoms. The molecule has 0 aliphatic heterocycles. The van der Waals surface area contributed by atoms with Gasteiger partial charge in [-0.25, -0.2) is 4.79 Å². The summed E-state index contributed by atoms with van der Waals surface area (Å²) in [5.74, 6) is -0.912. The number of nitrogens with one attached hydrogen (secondary N) is 1. The number of hydrogen-bond acceptors (Lipinski definition) is 4. The molecule has 0 radical (unpaired) electrons. The summed E-state index contributed by atoms with van der Waals surface area (Å²) in [5.41, 5.74) is 4.17. The summed E-state index contributed by atoms with van der Waals surface area (Å²) in [4.78, 5) is 12.7. The molecule has 0 fully saturated rings. The lowest BCUT2D eigenvalue weighted by Gasteiger charge is -2.20. The predicted molar refractivity (Wildman–Crippen MR) is 121 cm³/mol. The van der Waals surface area contributed by atoms with Gasteiger partial charge in [0.1, 0.15) is 4.88 Å². The molecule has 0 amide bonds. The van der Waals surface area contributed by atoms with Crippen molar-refractivity contribution in [1.82, 2.24) is 0 Å². The van der Waals surface area contributed by atoms with Crippen LogP contribution < -0.4 is 4.72 Å². The van der Waals surface area contributed by atoms with Crippen LogP contribution in [-0.2, 0) is 5.41 Å². The summed E-state index contributed by atoms with van der Waals surface area (Å²) in [6.45, 7) is 6.59. The van der Waals surface area contributed by atoms with Gasteiger partial charge in [-0.15, -0.1) is 11.3 Å². The van der Waals surface area contributed by atoms with Gasteiger partial charge in [0, 0.05) is 4.90 Å². The van der Waals surface area contributed by atoms with Gasteiger partial charge in [-0.2, -0.15) is 0 Å². The molecular weight excluding hydrogens is 386 g/mol. The average molecular weight is 410 g/mol. The molecule has 28 heavy (non-hydrogen) atoms. The van der Waals surface area contributed by atoms with Crippen LogP contribution in [0.4, 0.5) is 5.69 Å². The lowest BCUT2D eigenvalue weighted by Crippen LogP contribution is -2.11. The van der Waals surface area contributed by atoms with Crippen LogP contribution >= 0.6 is 23.3 Å². The van der Waals surface area contributed by atoms with E-state index in [9.17, 15) is 9.90 Å². The molecule has 0 aliphatic carbocycles. The van der Waals surface area contributed by atoms with Gasteiger partial charge in [0.25, 0.3) is 0 Å². The molecule has 0 unspecified atom stereocenters. The Hall–Kier alpha value is -2.50. The minimum Gasteiger partial charge on any atom is -0.477 e. The maximum atomic E-state index is 11.3. The maximum absolute atomic E-state index is 11.3. The second kappa shape index (κ2) is 8.67. The lowest BCUT2D eigenvalue weighted by atomic mass is 9.86. The first kappa shape index (κ1) is 20.2. The first-order valence-electron chi connectivity index (χ1n) is 8.96. The van der Waals surface area contributed by atoms with Gasteiger partial charge in [0.05, 0.1) is 5.69 Å². The van der Waals surface area contributed by atoms with Gasteiger partial charge in [-0.05, 0) is 51.6 Å². The van der Waals surface area contributed by atoms with Crippen molar-refractivity contribution in [2.24, 2.45) is 0 Å². The number of anilines is 1. The number of thiophene rings is 1. The number of aromatic carboxylic acids is 1. The van der Waals surface area contributed by atoms with E-state index in [0.29, 0.717) is 10.6 Å². The number of carboxylic acid groups (broad SMARTS) is 1. The fourth-order valence-electron chi connectivity index (χ4n) is 2.65. The molecule has 0 bridgehead atoms. The van der Waals surface area contributed by atoms with Crippen molar-refractivity contribution in [3.63, 3.8) is 0 Å². The van der Waals surface area contributed by atoms with Crippen LogP contribution in [0.1, 0.15) is 47.1 Å². The monoisotopic (exact) mass is 409 g/mol. The maximum Gasteiger partial charge on any atom is 0.348 e. The van der Waals surface area contributed by atoms with Crippen molar-refractivity contribution in [1.29, 1.82) is 0 Å². The zero-order valence-corrected chi connectivity index (χ0v) is 17.7. The summed E-state index contributed by atoms with van der Waals surface area (Å²) in [5, 5.41) is 11.1. The molecule has 1 heterocycles. The highest BCUT2D eigenvalue weighted by atomic mass is 32.2. The SMILES string of the molecule is CC(C)(C)c1ccc(SNc2ccsc2C(=O)O)c(/C=C/c2ccccc2)c1. The molecule has 144 valence electrons. The second-order valence-electron chi connectivity index (χ2n) is 7.42. The van der Waals surface area contributed by atoms with Gasteiger partial charge >= 0.3 is 5.97 Å². The van der Waals surface area contributed by atoms with Crippen molar-refractivity contribution in [2.75, 3.05) is 4.72 Å². The van der Waals surface area contributed by atoms with Crippen molar-refractivity contribution in [2.45, 2.75) is 31.1 Å². The summed E-state index contributed by atoms with van der Waals surface area (Å²) in [6.07, 6.45) is 4.21. The van der Waals surface area contributed by atoms with Gasteiger partial charge < -0.3 is 9.83 Å². The molecule has 3 nitrogen and oxygen atoms in total. The Morgan fingerprint density at radius 2 is 1.82 bits per heavy atom. The highest BCUT2D eigenvalue weighted by Gasteiger charge is 2.16. The molecular formula is C23H23NO2S2. The Labute approximate surface area is 174 Å². The summed E-state index contributed by atoms with van der Waals surface area (Å²) in [6, 6.07) is 18.4. The van der Waals surface area contributed by atoms with E-state index in [1.807, 2.05) is 18.2 Å². The van der Waals surface area contributed by atoms with Crippen LogP contribution in [0.25, 0.3) is 12.2 Å². The number of carbonyl (C=O) groups is 1. The van der Waals surface area contributed by atoms with E-state index in [-0.39, 0.29) is 5.41 Å². The topological polar surface area (TPSA) is 49.3 Å². The zero-order chi connectivity index (χ0) is 20.1. The fourth-order valence-corrected chi connectivity index (χ4v) is 4.18. The van der Waals surface area contributed by atoms with Crippen LogP contribution in [0.2, 0.25) is 0 Å². The minimum atomic E-state index is -0.912. The van der Waals surface area contributed by atoms with Crippen LogP contribution in [0.5, 0.6) is 0 Å². The van der Waals surface area contributed by atoms with Crippen molar-refractivity contribution < 1.29 is 9.90 Å². The highest BCUT2D eigenvalue weighted by Crippen LogP contribution is 2.33. The Morgan fingerprint density at radius 1 is 1.07 bits per heavy atom. The molecule has 2 aromatic carbocycles.